The van der Waals surface area contributed by atoms with Crippen molar-refractivity contribution >= 4 is 11.6 Å². The molecule has 3 heteroatoms. The molecule has 0 spiro atoms. The second-order valence-corrected chi connectivity index (χ2v) is 3.42. The van der Waals surface area contributed by atoms with Gasteiger partial charge in [-0.2, -0.15) is 0 Å². The van der Waals surface area contributed by atoms with Crippen molar-refractivity contribution in [2.75, 3.05) is 0 Å². The van der Waals surface area contributed by atoms with Gasteiger partial charge in [-0.05, 0) is 32.0 Å². The van der Waals surface area contributed by atoms with Gasteiger partial charge in [0, 0.05) is 6.07 Å². The molecule has 2 aromatic rings. The second-order valence-electron chi connectivity index (χ2n) is 3.42. The van der Waals surface area contributed by atoms with E-state index in [2.05, 4.69) is 10.2 Å². The summed E-state index contributed by atoms with van der Waals surface area (Å²) in [7, 11) is 0. The maximum Gasteiger partial charge on any atom is 0.238 e. The fraction of sp³-hybridized carbons (Fsp3) is 0.167. The van der Waals surface area contributed by atoms with Crippen LogP contribution in [0.15, 0.2) is 51.0 Å². The summed E-state index contributed by atoms with van der Waals surface area (Å²) in [5, 5.41) is 8.05. The minimum Gasteiger partial charge on any atom is -0.442 e. The van der Waals surface area contributed by atoms with Crippen molar-refractivity contribution in [2.24, 2.45) is 10.2 Å². The SMILES string of the molecule is Cc1ccc(N=Nc2ccc(C)o2)cc1. The molecule has 0 unspecified atom stereocenters. The van der Waals surface area contributed by atoms with Crippen LogP contribution in [0.5, 0.6) is 0 Å². The third kappa shape index (κ3) is 2.53. The summed E-state index contributed by atoms with van der Waals surface area (Å²) in [6.45, 7) is 3.92. The molecule has 2 rings (SSSR count). The molecule has 1 aromatic carbocycles. The summed E-state index contributed by atoms with van der Waals surface area (Å²) in [5.41, 5.74) is 2.04. The Morgan fingerprint density at radius 2 is 1.60 bits per heavy atom. The van der Waals surface area contributed by atoms with Gasteiger partial charge in [-0.1, -0.05) is 17.7 Å². The van der Waals surface area contributed by atoms with Gasteiger partial charge in [0.1, 0.15) is 5.76 Å². The van der Waals surface area contributed by atoms with Crippen molar-refractivity contribution in [3.63, 3.8) is 0 Å². The highest BCUT2D eigenvalue weighted by Gasteiger charge is 1.94. The van der Waals surface area contributed by atoms with E-state index in [9.17, 15) is 0 Å². The molecule has 0 aliphatic carbocycles. The molecule has 0 amide bonds. The van der Waals surface area contributed by atoms with E-state index in [1.807, 2.05) is 44.2 Å². The minimum atomic E-state index is 0.535. The zero-order valence-electron chi connectivity index (χ0n) is 8.77. The highest BCUT2D eigenvalue weighted by molar-refractivity contribution is 5.38. The Morgan fingerprint density at radius 1 is 0.867 bits per heavy atom. The summed E-state index contributed by atoms with van der Waals surface area (Å²) in [5.74, 6) is 1.38. The summed E-state index contributed by atoms with van der Waals surface area (Å²) >= 11 is 0. The standard InChI is InChI=1S/C12H12N2O/c1-9-3-6-11(7-4-9)13-14-12-8-5-10(2)15-12/h3-8H,1-2H3. The Hall–Kier alpha value is -1.90. The third-order valence-corrected chi connectivity index (χ3v) is 2.02. The predicted molar refractivity (Wildman–Crippen MR) is 58.8 cm³/mol. The Labute approximate surface area is 88.5 Å². The van der Waals surface area contributed by atoms with Crippen LogP contribution in [0.25, 0.3) is 0 Å². The van der Waals surface area contributed by atoms with Crippen molar-refractivity contribution in [2.45, 2.75) is 13.8 Å². The van der Waals surface area contributed by atoms with Crippen molar-refractivity contribution in [3.05, 3.63) is 47.7 Å². The normalized spacial score (nSPS) is 11.1. The number of azo groups is 1. The lowest BCUT2D eigenvalue weighted by Gasteiger charge is -1.92. The molecule has 0 fully saturated rings. The molecule has 0 atom stereocenters. The molecule has 1 aromatic heterocycles. The Bertz CT molecular complexity index is 469. The quantitative estimate of drug-likeness (QED) is 0.665. The van der Waals surface area contributed by atoms with Crippen molar-refractivity contribution < 1.29 is 4.42 Å². The van der Waals surface area contributed by atoms with E-state index in [0.29, 0.717) is 5.88 Å². The van der Waals surface area contributed by atoms with Gasteiger partial charge < -0.3 is 4.42 Å². The Balaban J connectivity index is 2.14. The van der Waals surface area contributed by atoms with E-state index >= 15 is 0 Å². The minimum absolute atomic E-state index is 0.535. The lowest BCUT2D eigenvalue weighted by molar-refractivity contribution is 0.540. The summed E-state index contributed by atoms with van der Waals surface area (Å²) in [6.07, 6.45) is 0. The van der Waals surface area contributed by atoms with Crippen LogP contribution in [0.3, 0.4) is 0 Å². The van der Waals surface area contributed by atoms with Crippen LogP contribution in [-0.4, -0.2) is 0 Å². The number of furan rings is 1. The smallest absolute Gasteiger partial charge is 0.238 e. The molecule has 0 saturated carbocycles. The second kappa shape index (κ2) is 4.09. The summed E-state index contributed by atoms with van der Waals surface area (Å²) < 4.78 is 5.27. The maximum absolute atomic E-state index is 5.27. The van der Waals surface area contributed by atoms with Gasteiger partial charge in [0.2, 0.25) is 5.88 Å². The molecule has 0 N–H and O–H groups in total. The molecule has 0 radical (unpaired) electrons. The molecule has 0 saturated heterocycles. The van der Waals surface area contributed by atoms with E-state index in [0.717, 1.165) is 11.4 Å². The first-order chi connectivity index (χ1) is 7.24. The van der Waals surface area contributed by atoms with Crippen LogP contribution in [0.4, 0.5) is 11.6 Å². The van der Waals surface area contributed by atoms with Gasteiger partial charge in [0.25, 0.3) is 0 Å². The molecule has 15 heavy (non-hydrogen) atoms. The fourth-order valence-electron chi connectivity index (χ4n) is 1.19. The largest absolute Gasteiger partial charge is 0.442 e. The summed E-state index contributed by atoms with van der Waals surface area (Å²) in [6, 6.07) is 11.5. The molecular weight excluding hydrogens is 188 g/mol. The highest BCUT2D eigenvalue weighted by Crippen LogP contribution is 2.20. The van der Waals surface area contributed by atoms with Gasteiger partial charge in [-0.3, -0.25) is 0 Å². The number of nitrogens with zero attached hydrogens (tertiary/aromatic N) is 2. The number of rotatable bonds is 2. The molecule has 0 bridgehead atoms. The zero-order valence-corrected chi connectivity index (χ0v) is 8.77. The van der Waals surface area contributed by atoms with Gasteiger partial charge in [-0.25, -0.2) is 0 Å². The molecule has 0 aliphatic rings. The molecule has 76 valence electrons. The van der Waals surface area contributed by atoms with E-state index < -0.39 is 0 Å². The molecule has 0 aliphatic heterocycles. The molecule has 1 heterocycles. The van der Waals surface area contributed by atoms with Crippen molar-refractivity contribution in [1.82, 2.24) is 0 Å². The average molecular weight is 200 g/mol. The van der Waals surface area contributed by atoms with Gasteiger partial charge in [-0.15, -0.1) is 10.2 Å². The predicted octanol–water partition coefficient (Wildman–Crippen LogP) is 4.31. The summed E-state index contributed by atoms with van der Waals surface area (Å²) in [4.78, 5) is 0. The first-order valence-electron chi connectivity index (χ1n) is 4.79. The lowest BCUT2D eigenvalue weighted by atomic mass is 10.2. The number of benzene rings is 1. The Morgan fingerprint density at radius 3 is 2.20 bits per heavy atom. The van der Waals surface area contributed by atoms with Crippen molar-refractivity contribution in [3.8, 4) is 0 Å². The van der Waals surface area contributed by atoms with Crippen LogP contribution in [0.2, 0.25) is 0 Å². The Kier molecular flexibility index (Phi) is 2.63. The van der Waals surface area contributed by atoms with Crippen LogP contribution in [0.1, 0.15) is 11.3 Å². The number of hydrogen-bond donors (Lipinski definition) is 0. The highest BCUT2D eigenvalue weighted by atomic mass is 16.4. The number of aryl methyl sites for hydroxylation is 2. The number of hydrogen-bond acceptors (Lipinski definition) is 3. The van der Waals surface area contributed by atoms with Gasteiger partial charge >= 0.3 is 0 Å². The van der Waals surface area contributed by atoms with Crippen LogP contribution < -0.4 is 0 Å². The molecule has 3 nitrogen and oxygen atoms in total. The molecular formula is C12H12N2O. The monoisotopic (exact) mass is 200 g/mol. The van der Waals surface area contributed by atoms with E-state index in [-0.39, 0.29) is 0 Å². The fourth-order valence-corrected chi connectivity index (χ4v) is 1.19. The topological polar surface area (TPSA) is 37.9 Å². The first kappa shape index (κ1) is 9.65. The third-order valence-electron chi connectivity index (χ3n) is 2.02. The van der Waals surface area contributed by atoms with Crippen molar-refractivity contribution in [1.29, 1.82) is 0 Å². The lowest BCUT2D eigenvalue weighted by Crippen LogP contribution is -1.67. The van der Waals surface area contributed by atoms with E-state index in [1.54, 1.807) is 6.07 Å². The van der Waals surface area contributed by atoms with E-state index in [4.69, 9.17) is 4.42 Å². The first-order valence-corrected chi connectivity index (χ1v) is 4.79. The van der Waals surface area contributed by atoms with Crippen LogP contribution >= 0.6 is 0 Å². The zero-order chi connectivity index (χ0) is 10.7. The average Bonchev–Trinajstić information content (AvgIpc) is 2.64. The maximum atomic E-state index is 5.27. The van der Waals surface area contributed by atoms with Gasteiger partial charge in [0.15, 0.2) is 0 Å². The van der Waals surface area contributed by atoms with Crippen LogP contribution in [-0.2, 0) is 0 Å². The van der Waals surface area contributed by atoms with E-state index in [1.165, 1.54) is 5.56 Å². The van der Waals surface area contributed by atoms with Crippen LogP contribution in [0, 0.1) is 13.8 Å². The van der Waals surface area contributed by atoms with Gasteiger partial charge in [0.05, 0.1) is 5.69 Å².